The maximum atomic E-state index is 12.2. The summed E-state index contributed by atoms with van der Waals surface area (Å²) in [5.41, 5.74) is 0. The zero-order valence-corrected chi connectivity index (χ0v) is 9.74. The van der Waals surface area contributed by atoms with Crippen molar-refractivity contribution in [3.8, 4) is 0 Å². The zero-order valence-electron chi connectivity index (χ0n) is 9.74. The first kappa shape index (κ1) is 10.9. The van der Waals surface area contributed by atoms with Gasteiger partial charge in [-0.25, -0.2) is 0 Å². The fourth-order valence-corrected chi connectivity index (χ4v) is 2.79. The van der Waals surface area contributed by atoms with Gasteiger partial charge in [0.25, 0.3) is 5.91 Å². The maximum absolute atomic E-state index is 12.2. The summed E-state index contributed by atoms with van der Waals surface area (Å²) in [6.07, 6.45) is 5.33. The predicted molar refractivity (Wildman–Crippen MR) is 58.6 cm³/mol. The summed E-state index contributed by atoms with van der Waals surface area (Å²) < 4.78 is 5.47. The third kappa shape index (κ3) is 2.17. The minimum atomic E-state index is -0.145. The molecule has 2 rings (SSSR count). The molecule has 0 N–H and O–H groups in total. The monoisotopic (exact) mass is 211 g/mol. The lowest BCUT2D eigenvalue weighted by molar-refractivity contribution is -0.147. The molecule has 0 aliphatic carbocycles. The van der Waals surface area contributed by atoms with Crippen molar-refractivity contribution in [1.82, 2.24) is 4.90 Å². The third-order valence-corrected chi connectivity index (χ3v) is 3.65. The molecule has 1 amide bonds. The van der Waals surface area contributed by atoms with Crippen LogP contribution in [0.3, 0.4) is 0 Å². The van der Waals surface area contributed by atoms with Gasteiger partial charge in [0, 0.05) is 18.7 Å². The van der Waals surface area contributed by atoms with Crippen molar-refractivity contribution in [2.75, 3.05) is 6.61 Å². The van der Waals surface area contributed by atoms with Crippen molar-refractivity contribution in [3.63, 3.8) is 0 Å². The Kier molecular flexibility index (Phi) is 3.29. The zero-order chi connectivity index (χ0) is 10.8. The molecule has 86 valence electrons. The average Bonchev–Trinajstić information content (AvgIpc) is 2.69. The highest BCUT2D eigenvalue weighted by Gasteiger charge is 2.35. The lowest BCUT2D eigenvalue weighted by Crippen LogP contribution is -2.51. The molecule has 3 heteroatoms. The SMILES string of the molecule is C[C@@H]1CCC[C@H](C)N1C(=O)[C@@H]1CCCO1. The van der Waals surface area contributed by atoms with E-state index in [0.29, 0.717) is 12.1 Å². The van der Waals surface area contributed by atoms with Crippen molar-refractivity contribution in [3.05, 3.63) is 0 Å². The van der Waals surface area contributed by atoms with Crippen molar-refractivity contribution in [1.29, 1.82) is 0 Å². The number of carbonyl (C=O) groups excluding carboxylic acids is 1. The van der Waals surface area contributed by atoms with E-state index < -0.39 is 0 Å². The molecule has 0 spiro atoms. The van der Waals surface area contributed by atoms with Gasteiger partial charge in [0.2, 0.25) is 0 Å². The Hall–Kier alpha value is -0.570. The molecule has 0 aromatic rings. The van der Waals surface area contributed by atoms with Gasteiger partial charge in [0.05, 0.1) is 0 Å². The number of nitrogens with zero attached hydrogens (tertiary/aromatic N) is 1. The Labute approximate surface area is 91.8 Å². The highest BCUT2D eigenvalue weighted by atomic mass is 16.5. The van der Waals surface area contributed by atoms with E-state index >= 15 is 0 Å². The highest BCUT2D eigenvalue weighted by Crippen LogP contribution is 2.25. The Morgan fingerprint density at radius 2 is 1.80 bits per heavy atom. The number of piperidine rings is 1. The van der Waals surface area contributed by atoms with Crippen molar-refractivity contribution in [2.45, 2.75) is 64.1 Å². The van der Waals surface area contributed by atoms with Gasteiger partial charge in [-0.15, -0.1) is 0 Å². The van der Waals surface area contributed by atoms with Crippen LogP contribution in [0, 0.1) is 0 Å². The Morgan fingerprint density at radius 1 is 1.13 bits per heavy atom. The Balaban J connectivity index is 2.02. The van der Waals surface area contributed by atoms with E-state index in [9.17, 15) is 4.79 Å². The summed E-state index contributed by atoms with van der Waals surface area (Å²) in [6.45, 7) is 5.07. The first-order valence-electron chi connectivity index (χ1n) is 6.14. The summed E-state index contributed by atoms with van der Waals surface area (Å²) in [5, 5.41) is 0. The highest BCUT2D eigenvalue weighted by molar-refractivity contribution is 5.81. The number of amides is 1. The minimum absolute atomic E-state index is 0.145. The van der Waals surface area contributed by atoms with Crippen LogP contribution in [-0.4, -0.2) is 35.6 Å². The van der Waals surface area contributed by atoms with Crippen molar-refractivity contribution in [2.24, 2.45) is 0 Å². The Bertz CT molecular complexity index is 226. The summed E-state index contributed by atoms with van der Waals surface area (Å²) in [5.74, 6) is 0.229. The fraction of sp³-hybridized carbons (Fsp3) is 0.917. The molecule has 0 unspecified atom stereocenters. The van der Waals surface area contributed by atoms with Crippen LogP contribution in [0.2, 0.25) is 0 Å². The number of hydrogen-bond acceptors (Lipinski definition) is 2. The molecule has 0 bridgehead atoms. The van der Waals surface area contributed by atoms with Gasteiger partial charge in [-0.3, -0.25) is 4.79 Å². The second kappa shape index (κ2) is 4.52. The summed E-state index contributed by atoms with van der Waals surface area (Å²) in [4.78, 5) is 14.3. The molecule has 2 aliphatic rings. The van der Waals surface area contributed by atoms with Gasteiger partial charge in [0.15, 0.2) is 0 Å². The lowest BCUT2D eigenvalue weighted by atomic mass is 9.96. The van der Waals surface area contributed by atoms with Crippen LogP contribution in [-0.2, 0) is 9.53 Å². The number of carbonyl (C=O) groups is 1. The topological polar surface area (TPSA) is 29.5 Å². The van der Waals surface area contributed by atoms with E-state index in [-0.39, 0.29) is 12.0 Å². The largest absolute Gasteiger partial charge is 0.368 e. The standard InChI is InChI=1S/C12H21NO2/c1-9-5-3-6-10(2)13(9)12(14)11-7-4-8-15-11/h9-11H,3-8H2,1-2H3/t9-,10+,11-/m0/s1. The van der Waals surface area contributed by atoms with Gasteiger partial charge >= 0.3 is 0 Å². The minimum Gasteiger partial charge on any atom is -0.368 e. The number of hydrogen-bond donors (Lipinski definition) is 0. The molecule has 3 nitrogen and oxygen atoms in total. The van der Waals surface area contributed by atoms with E-state index in [2.05, 4.69) is 18.7 Å². The molecule has 15 heavy (non-hydrogen) atoms. The molecule has 2 heterocycles. The molecule has 0 radical (unpaired) electrons. The van der Waals surface area contributed by atoms with E-state index in [1.165, 1.54) is 6.42 Å². The van der Waals surface area contributed by atoms with E-state index in [0.717, 1.165) is 32.3 Å². The summed E-state index contributed by atoms with van der Waals surface area (Å²) >= 11 is 0. The third-order valence-electron chi connectivity index (χ3n) is 3.65. The number of ether oxygens (including phenoxy) is 1. The van der Waals surface area contributed by atoms with E-state index in [4.69, 9.17) is 4.74 Å². The molecule has 0 aromatic carbocycles. The molecule has 0 aromatic heterocycles. The maximum Gasteiger partial charge on any atom is 0.252 e. The smallest absolute Gasteiger partial charge is 0.252 e. The molecule has 2 aliphatic heterocycles. The van der Waals surface area contributed by atoms with Gasteiger partial charge in [-0.05, 0) is 46.0 Å². The quantitative estimate of drug-likeness (QED) is 0.663. The van der Waals surface area contributed by atoms with Crippen LogP contribution in [0.1, 0.15) is 46.0 Å². The van der Waals surface area contributed by atoms with Gasteiger partial charge in [0.1, 0.15) is 6.10 Å². The number of rotatable bonds is 1. The van der Waals surface area contributed by atoms with Crippen molar-refractivity contribution >= 4 is 5.91 Å². The van der Waals surface area contributed by atoms with Crippen molar-refractivity contribution < 1.29 is 9.53 Å². The number of likely N-dealkylation sites (tertiary alicyclic amines) is 1. The normalized spacial score (nSPS) is 36.9. The molecular weight excluding hydrogens is 190 g/mol. The fourth-order valence-electron chi connectivity index (χ4n) is 2.79. The molecule has 3 atom stereocenters. The summed E-state index contributed by atoms with van der Waals surface area (Å²) in [7, 11) is 0. The molecule has 2 fully saturated rings. The van der Waals surface area contributed by atoms with Crippen LogP contribution < -0.4 is 0 Å². The second-order valence-electron chi connectivity index (χ2n) is 4.88. The van der Waals surface area contributed by atoms with Gasteiger partial charge in [-0.2, -0.15) is 0 Å². The van der Waals surface area contributed by atoms with E-state index in [1.807, 2.05) is 0 Å². The van der Waals surface area contributed by atoms with Gasteiger partial charge in [-0.1, -0.05) is 0 Å². The van der Waals surface area contributed by atoms with Crippen LogP contribution in [0.25, 0.3) is 0 Å². The molecule has 2 saturated heterocycles. The van der Waals surface area contributed by atoms with Crippen LogP contribution in [0.5, 0.6) is 0 Å². The first-order chi connectivity index (χ1) is 7.20. The Morgan fingerprint density at radius 3 is 2.33 bits per heavy atom. The second-order valence-corrected chi connectivity index (χ2v) is 4.88. The van der Waals surface area contributed by atoms with E-state index in [1.54, 1.807) is 0 Å². The molecular formula is C12H21NO2. The van der Waals surface area contributed by atoms with Crippen LogP contribution in [0.4, 0.5) is 0 Å². The van der Waals surface area contributed by atoms with Crippen LogP contribution >= 0.6 is 0 Å². The summed E-state index contributed by atoms with van der Waals surface area (Å²) in [6, 6.07) is 0.788. The van der Waals surface area contributed by atoms with Crippen LogP contribution in [0.15, 0.2) is 0 Å². The molecule has 0 saturated carbocycles. The average molecular weight is 211 g/mol. The predicted octanol–water partition coefficient (Wildman–Crippen LogP) is 1.95. The lowest BCUT2D eigenvalue weighted by Gasteiger charge is -2.40. The van der Waals surface area contributed by atoms with Gasteiger partial charge < -0.3 is 9.64 Å². The first-order valence-corrected chi connectivity index (χ1v) is 6.14.